The summed E-state index contributed by atoms with van der Waals surface area (Å²) in [5.41, 5.74) is -0.0412. The molecule has 1 aliphatic rings. The summed E-state index contributed by atoms with van der Waals surface area (Å²) in [5.74, 6) is -0.182. The molecular weight excluding hydrogens is 339 g/mol. The second kappa shape index (κ2) is 7.05. The van der Waals surface area contributed by atoms with Crippen molar-refractivity contribution in [2.75, 3.05) is 13.1 Å². The van der Waals surface area contributed by atoms with Gasteiger partial charge in [0.15, 0.2) is 0 Å². The third kappa shape index (κ3) is 3.64. The molecule has 1 aliphatic heterocycles. The fourth-order valence-electron chi connectivity index (χ4n) is 4.08. The van der Waals surface area contributed by atoms with E-state index in [0.717, 1.165) is 18.7 Å². The lowest BCUT2D eigenvalue weighted by atomic mass is 9.70. The van der Waals surface area contributed by atoms with Gasteiger partial charge in [-0.25, -0.2) is 0 Å². The number of hydrogen-bond donors (Lipinski definition) is 1. The van der Waals surface area contributed by atoms with Gasteiger partial charge in [0.05, 0.1) is 11.2 Å². The highest BCUT2D eigenvalue weighted by Crippen LogP contribution is 2.42. The fraction of sp³-hybridized carbons (Fsp3) is 0.429. The average Bonchev–Trinajstić information content (AvgIpc) is 2.60. The van der Waals surface area contributed by atoms with Crippen LogP contribution in [0.3, 0.4) is 0 Å². The Morgan fingerprint density at radius 3 is 2.00 bits per heavy atom. The number of aliphatic hydroxyl groups is 1. The number of rotatable bonds is 3. The number of hydrogen-bond acceptors (Lipinski definition) is 2. The highest BCUT2D eigenvalue weighted by Gasteiger charge is 2.45. The van der Waals surface area contributed by atoms with E-state index < -0.39 is 17.3 Å². The maximum atomic E-state index is 12.8. The molecule has 3 rings (SSSR count). The first-order valence-corrected chi connectivity index (χ1v) is 8.87. The number of likely N-dealkylation sites (tertiary alicyclic amines) is 1. The van der Waals surface area contributed by atoms with Gasteiger partial charge in [-0.05, 0) is 23.3 Å². The summed E-state index contributed by atoms with van der Waals surface area (Å²) in [6.07, 6.45) is -4.36. The standard InChI is InChI=1S/C21H24F3NO/c1-15-12-25(14-17-6-4-3-5-7-17)13-16(2)20(15,26)18-8-10-19(11-9-18)21(22,23)24/h3-11,15-16,26H,12-14H2,1-2H3/t15-,16+,20-. The van der Waals surface area contributed by atoms with E-state index in [4.69, 9.17) is 0 Å². The highest BCUT2D eigenvalue weighted by molar-refractivity contribution is 5.30. The molecule has 0 aliphatic carbocycles. The maximum Gasteiger partial charge on any atom is 0.416 e. The molecule has 0 bridgehead atoms. The minimum Gasteiger partial charge on any atom is -0.385 e. The molecule has 0 radical (unpaired) electrons. The Labute approximate surface area is 152 Å². The van der Waals surface area contributed by atoms with Crippen LogP contribution in [0.1, 0.15) is 30.5 Å². The third-order valence-electron chi connectivity index (χ3n) is 5.49. The summed E-state index contributed by atoms with van der Waals surface area (Å²) < 4.78 is 38.4. The quantitative estimate of drug-likeness (QED) is 0.856. The van der Waals surface area contributed by atoms with Gasteiger partial charge in [0, 0.05) is 31.5 Å². The van der Waals surface area contributed by atoms with E-state index in [-0.39, 0.29) is 11.8 Å². The van der Waals surface area contributed by atoms with E-state index >= 15 is 0 Å². The van der Waals surface area contributed by atoms with Crippen molar-refractivity contribution in [1.82, 2.24) is 4.90 Å². The van der Waals surface area contributed by atoms with Gasteiger partial charge in [0.25, 0.3) is 0 Å². The van der Waals surface area contributed by atoms with Crippen LogP contribution >= 0.6 is 0 Å². The summed E-state index contributed by atoms with van der Waals surface area (Å²) in [7, 11) is 0. The first-order chi connectivity index (χ1) is 12.2. The highest BCUT2D eigenvalue weighted by atomic mass is 19.4. The van der Waals surface area contributed by atoms with Crippen LogP contribution < -0.4 is 0 Å². The molecule has 1 N–H and O–H groups in total. The van der Waals surface area contributed by atoms with Gasteiger partial charge in [-0.3, -0.25) is 4.90 Å². The number of nitrogens with zero attached hydrogens (tertiary/aromatic N) is 1. The smallest absolute Gasteiger partial charge is 0.385 e. The van der Waals surface area contributed by atoms with Crippen LogP contribution in [0.25, 0.3) is 0 Å². The van der Waals surface area contributed by atoms with Crippen LogP contribution in [0.2, 0.25) is 0 Å². The third-order valence-corrected chi connectivity index (χ3v) is 5.49. The fourth-order valence-corrected chi connectivity index (χ4v) is 4.08. The van der Waals surface area contributed by atoms with Crippen LogP contribution in [0.15, 0.2) is 54.6 Å². The molecule has 5 heteroatoms. The molecule has 0 amide bonds. The van der Waals surface area contributed by atoms with Crippen molar-refractivity contribution >= 4 is 0 Å². The van der Waals surface area contributed by atoms with Crippen LogP contribution in [0, 0.1) is 11.8 Å². The number of piperidine rings is 1. The zero-order valence-electron chi connectivity index (χ0n) is 15.0. The molecule has 0 unspecified atom stereocenters. The van der Waals surface area contributed by atoms with Crippen molar-refractivity contribution < 1.29 is 18.3 Å². The van der Waals surface area contributed by atoms with Crippen LogP contribution in [-0.4, -0.2) is 23.1 Å². The van der Waals surface area contributed by atoms with E-state index in [9.17, 15) is 18.3 Å². The molecule has 3 atom stereocenters. The van der Waals surface area contributed by atoms with E-state index in [1.165, 1.54) is 17.7 Å². The zero-order valence-corrected chi connectivity index (χ0v) is 15.0. The Balaban J connectivity index is 1.78. The Bertz CT molecular complexity index is 715. The van der Waals surface area contributed by atoms with Gasteiger partial charge < -0.3 is 5.11 Å². The Hall–Kier alpha value is -1.85. The summed E-state index contributed by atoms with van der Waals surface area (Å²) in [6, 6.07) is 15.1. The average molecular weight is 363 g/mol. The minimum absolute atomic E-state index is 0.0910. The van der Waals surface area contributed by atoms with Gasteiger partial charge in [0.1, 0.15) is 0 Å². The lowest BCUT2D eigenvalue weighted by molar-refractivity contribution is -0.137. The van der Waals surface area contributed by atoms with E-state index in [1.54, 1.807) is 0 Å². The summed E-state index contributed by atoms with van der Waals surface area (Å²) >= 11 is 0. The van der Waals surface area contributed by atoms with E-state index in [0.29, 0.717) is 18.7 Å². The number of halogens is 3. The Morgan fingerprint density at radius 1 is 0.962 bits per heavy atom. The molecule has 26 heavy (non-hydrogen) atoms. The first kappa shape index (κ1) is 18.9. The van der Waals surface area contributed by atoms with Crippen molar-refractivity contribution in [3.63, 3.8) is 0 Å². The van der Waals surface area contributed by atoms with Gasteiger partial charge in [-0.1, -0.05) is 56.3 Å². The van der Waals surface area contributed by atoms with Crippen molar-refractivity contribution in [3.8, 4) is 0 Å². The summed E-state index contributed by atoms with van der Waals surface area (Å²) in [4.78, 5) is 2.29. The van der Waals surface area contributed by atoms with Crippen LogP contribution in [0.5, 0.6) is 0 Å². The van der Waals surface area contributed by atoms with Gasteiger partial charge >= 0.3 is 6.18 Å². The molecule has 2 aromatic carbocycles. The van der Waals surface area contributed by atoms with Gasteiger partial charge in [-0.15, -0.1) is 0 Å². The molecule has 140 valence electrons. The second-order valence-electron chi connectivity index (χ2n) is 7.38. The second-order valence-corrected chi connectivity index (χ2v) is 7.38. The maximum absolute atomic E-state index is 12.8. The lowest BCUT2D eigenvalue weighted by Crippen LogP contribution is -2.54. The van der Waals surface area contributed by atoms with Crippen molar-refractivity contribution in [2.24, 2.45) is 11.8 Å². The number of alkyl halides is 3. The molecule has 2 aromatic rings. The monoisotopic (exact) mass is 363 g/mol. The first-order valence-electron chi connectivity index (χ1n) is 8.87. The number of benzene rings is 2. The predicted octanol–water partition coefficient (Wildman–Crippen LogP) is 4.68. The molecule has 0 aromatic heterocycles. The minimum atomic E-state index is -4.36. The summed E-state index contributed by atoms with van der Waals surface area (Å²) in [5, 5.41) is 11.3. The molecule has 2 nitrogen and oxygen atoms in total. The van der Waals surface area contributed by atoms with Gasteiger partial charge in [0.2, 0.25) is 0 Å². The predicted molar refractivity (Wildman–Crippen MR) is 95.4 cm³/mol. The van der Waals surface area contributed by atoms with Crippen molar-refractivity contribution in [2.45, 2.75) is 32.2 Å². The normalized spacial score (nSPS) is 27.5. The van der Waals surface area contributed by atoms with Crippen LogP contribution in [-0.2, 0) is 18.3 Å². The van der Waals surface area contributed by atoms with Crippen molar-refractivity contribution in [1.29, 1.82) is 0 Å². The SMILES string of the molecule is C[C@@H]1CN(Cc2ccccc2)C[C@H](C)[C@@]1(O)c1ccc(C(F)(F)F)cc1. The lowest BCUT2D eigenvalue weighted by Gasteiger charge is -2.48. The van der Waals surface area contributed by atoms with Crippen LogP contribution in [0.4, 0.5) is 13.2 Å². The Kier molecular flexibility index (Phi) is 5.13. The molecule has 1 heterocycles. The molecule has 0 spiro atoms. The van der Waals surface area contributed by atoms with E-state index in [1.807, 2.05) is 32.0 Å². The largest absolute Gasteiger partial charge is 0.416 e. The van der Waals surface area contributed by atoms with E-state index in [2.05, 4.69) is 17.0 Å². The topological polar surface area (TPSA) is 23.5 Å². The Morgan fingerprint density at radius 2 is 1.50 bits per heavy atom. The molecule has 1 saturated heterocycles. The molecule has 1 fully saturated rings. The van der Waals surface area contributed by atoms with Gasteiger partial charge in [-0.2, -0.15) is 13.2 Å². The molecular formula is C21H24F3NO. The summed E-state index contributed by atoms with van der Waals surface area (Å²) in [6.45, 7) is 6.11. The molecule has 0 saturated carbocycles. The zero-order chi connectivity index (χ0) is 18.9. The van der Waals surface area contributed by atoms with Crippen molar-refractivity contribution in [3.05, 3.63) is 71.3 Å².